The van der Waals surface area contributed by atoms with Crippen molar-refractivity contribution in [1.82, 2.24) is 9.97 Å². The lowest BCUT2D eigenvalue weighted by Crippen LogP contribution is -2.00. The highest BCUT2D eigenvalue weighted by Crippen LogP contribution is 2.29. The molecular formula is C12H11ClN4O. The summed E-state index contributed by atoms with van der Waals surface area (Å²) in [7, 11) is 0. The van der Waals surface area contributed by atoms with Gasteiger partial charge in [-0.05, 0) is 23.8 Å². The minimum atomic E-state index is 0.148. The maximum Gasteiger partial charge on any atom is 0.223 e. The van der Waals surface area contributed by atoms with Crippen LogP contribution in [-0.4, -0.2) is 16.6 Å². The third-order valence-corrected chi connectivity index (χ3v) is 2.87. The van der Waals surface area contributed by atoms with E-state index in [1.54, 1.807) is 6.07 Å². The van der Waals surface area contributed by atoms with Gasteiger partial charge in [-0.2, -0.15) is 4.98 Å². The van der Waals surface area contributed by atoms with Crippen LogP contribution in [0.25, 0.3) is 0 Å². The maximum atomic E-state index is 5.82. The van der Waals surface area contributed by atoms with Gasteiger partial charge < -0.3 is 15.8 Å². The Morgan fingerprint density at radius 3 is 3.00 bits per heavy atom. The molecule has 0 atom stereocenters. The van der Waals surface area contributed by atoms with Crippen molar-refractivity contribution >= 4 is 29.1 Å². The van der Waals surface area contributed by atoms with Gasteiger partial charge in [-0.15, -0.1) is 0 Å². The zero-order valence-electron chi connectivity index (χ0n) is 9.48. The summed E-state index contributed by atoms with van der Waals surface area (Å²) in [6, 6.07) is 7.53. The van der Waals surface area contributed by atoms with Crippen LogP contribution in [0, 0.1) is 0 Å². The lowest BCUT2D eigenvalue weighted by Gasteiger charge is -2.07. The minimum absolute atomic E-state index is 0.148. The van der Waals surface area contributed by atoms with Crippen LogP contribution in [0.2, 0.25) is 5.15 Å². The molecule has 0 fully saturated rings. The van der Waals surface area contributed by atoms with Crippen LogP contribution in [0.3, 0.4) is 0 Å². The smallest absolute Gasteiger partial charge is 0.223 e. The number of ether oxygens (including phenoxy) is 1. The first-order chi connectivity index (χ1) is 8.70. The Bertz CT molecular complexity index is 582. The molecule has 3 N–H and O–H groups in total. The van der Waals surface area contributed by atoms with Gasteiger partial charge in [0.25, 0.3) is 0 Å². The fraction of sp³-hybridized carbons (Fsp3) is 0.167. The number of benzene rings is 1. The van der Waals surface area contributed by atoms with Gasteiger partial charge in [-0.25, -0.2) is 4.98 Å². The van der Waals surface area contributed by atoms with E-state index in [0.717, 1.165) is 24.5 Å². The monoisotopic (exact) mass is 262 g/mol. The molecule has 0 amide bonds. The first kappa shape index (κ1) is 11.1. The van der Waals surface area contributed by atoms with Crippen LogP contribution < -0.4 is 15.8 Å². The molecule has 6 heteroatoms. The lowest BCUT2D eigenvalue weighted by molar-refractivity contribution is 0.357. The van der Waals surface area contributed by atoms with Gasteiger partial charge in [0.15, 0.2) is 0 Å². The van der Waals surface area contributed by atoms with Gasteiger partial charge in [-0.3, -0.25) is 0 Å². The summed E-state index contributed by atoms with van der Waals surface area (Å²) in [6.07, 6.45) is 0.928. The molecule has 0 unspecified atom stereocenters. The molecular weight excluding hydrogens is 252 g/mol. The largest absolute Gasteiger partial charge is 0.493 e. The molecule has 2 aromatic rings. The number of hydrogen-bond donors (Lipinski definition) is 2. The molecule has 0 aliphatic carbocycles. The second kappa shape index (κ2) is 4.34. The predicted octanol–water partition coefficient (Wildman–Crippen LogP) is 2.39. The van der Waals surface area contributed by atoms with Crippen molar-refractivity contribution in [3.05, 3.63) is 35.0 Å². The molecule has 1 aliphatic rings. The number of nitrogens with zero attached hydrogens (tertiary/aromatic N) is 2. The van der Waals surface area contributed by atoms with Gasteiger partial charge in [0.2, 0.25) is 5.95 Å². The number of anilines is 3. The normalized spacial score (nSPS) is 12.9. The van der Waals surface area contributed by atoms with E-state index in [-0.39, 0.29) is 5.95 Å². The Morgan fingerprint density at radius 2 is 2.17 bits per heavy atom. The first-order valence-corrected chi connectivity index (χ1v) is 5.91. The maximum absolute atomic E-state index is 5.82. The summed E-state index contributed by atoms with van der Waals surface area (Å²) in [5.41, 5.74) is 7.65. The van der Waals surface area contributed by atoms with Crippen LogP contribution >= 0.6 is 11.6 Å². The van der Waals surface area contributed by atoms with Crippen molar-refractivity contribution in [3.63, 3.8) is 0 Å². The number of nitrogens with one attached hydrogen (secondary N) is 1. The lowest BCUT2D eigenvalue weighted by atomic mass is 10.1. The van der Waals surface area contributed by atoms with E-state index >= 15 is 0 Å². The van der Waals surface area contributed by atoms with Gasteiger partial charge >= 0.3 is 0 Å². The Balaban J connectivity index is 1.88. The van der Waals surface area contributed by atoms with E-state index in [2.05, 4.69) is 15.3 Å². The molecule has 0 saturated carbocycles. The Morgan fingerprint density at radius 1 is 1.28 bits per heavy atom. The summed E-state index contributed by atoms with van der Waals surface area (Å²) < 4.78 is 5.45. The van der Waals surface area contributed by atoms with E-state index in [0.29, 0.717) is 11.0 Å². The Hall–Kier alpha value is -2.01. The number of halogens is 1. The van der Waals surface area contributed by atoms with Gasteiger partial charge in [0, 0.05) is 18.2 Å². The third kappa shape index (κ3) is 2.17. The molecule has 2 heterocycles. The SMILES string of the molecule is Nc1nc(Cl)cc(Nc2ccc3c(c2)CCO3)n1. The topological polar surface area (TPSA) is 73.1 Å². The number of hydrogen-bond acceptors (Lipinski definition) is 5. The van der Waals surface area contributed by atoms with Crippen LogP contribution in [-0.2, 0) is 6.42 Å². The molecule has 1 aromatic carbocycles. The van der Waals surface area contributed by atoms with Crippen molar-refractivity contribution in [2.24, 2.45) is 0 Å². The van der Waals surface area contributed by atoms with Crippen molar-refractivity contribution in [2.75, 3.05) is 17.7 Å². The van der Waals surface area contributed by atoms with Crippen LogP contribution in [0.4, 0.5) is 17.5 Å². The van der Waals surface area contributed by atoms with E-state index in [9.17, 15) is 0 Å². The van der Waals surface area contributed by atoms with Crippen LogP contribution in [0.5, 0.6) is 5.75 Å². The highest BCUT2D eigenvalue weighted by molar-refractivity contribution is 6.29. The van der Waals surface area contributed by atoms with Crippen LogP contribution in [0.15, 0.2) is 24.3 Å². The standard InChI is InChI=1S/C12H11ClN4O/c13-10-6-11(17-12(14)16-10)15-8-1-2-9-7(5-8)3-4-18-9/h1-2,5-6H,3-4H2,(H3,14,15,16,17). The predicted molar refractivity (Wildman–Crippen MR) is 70.4 cm³/mol. The quantitative estimate of drug-likeness (QED) is 0.813. The van der Waals surface area contributed by atoms with E-state index in [1.807, 2.05) is 18.2 Å². The fourth-order valence-corrected chi connectivity index (χ4v) is 2.10. The van der Waals surface area contributed by atoms with Crippen molar-refractivity contribution in [3.8, 4) is 5.75 Å². The highest BCUT2D eigenvalue weighted by Gasteiger charge is 2.12. The molecule has 1 aromatic heterocycles. The molecule has 0 bridgehead atoms. The number of rotatable bonds is 2. The van der Waals surface area contributed by atoms with Crippen molar-refractivity contribution < 1.29 is 4.74 Å². The molecule has 5 nitrogen and oxygen atoms in total. The molecule has 0 saturated heterocycles. The second-order valence-corrected chi connectivity index (χ2v) is 4.37. The van der Waals surface area contributed by atoms with E-state index in [1.165, 1.54) is 5.56 Å². The third-order valence-electron chi connectivity index (χ3n) is 2.67. The number of fused-ring (bicyclic) bond motifs is 1. The summed E-state index contributed by atoms with van der Waals surface area (Å²) >= 11 is 5.82. The summed E-state index contributed by atoms with van der Waals surface area (Å²) in [5, 5.41) is 3.46. The van der Waals surface area contributed by atoms with Crippen molar-refractivity contribution in [1.29, 1.82) is 0 Å². The van der Waals surface area contributed by atoms with Crippen molar-refractivity contribution in [2.45, 2.75) is 6.42 Å². The fourth-order valence-electron chi connectivity index (χ4n) is 1.91. The second-order valence-electron chi connectivity index (χ2n) is 3.98. The van der Waals surface area contributed by atoms with E-state index in [4.69, 9.17) is 22.1 Å². The van der Waals surface area contributed by atoms with Gasteiger partial charge in [0.05, 0.1) is 6.61 Å². The Kier molecular flexibility index (Phi) is 2.68. The average molecular weight is 263 g/mol. The number of nitrogens with two attached hydrogens (primary N) is 1. The van der Waals surface area contributed by atoms with E-state index < -0.39 is 0 Å². The van der Waals surface area contributed by atoms with Gasteiger partial charge in [0.1, 0.15) is 16.7 Å². The minimum Gasteiger partial charge on any atom is -0.493 e. The summed E-state index contributed by atoms with van der Waals surface area (Å²) in [5.74, 6) is 1.67. The number of nitrogen functional groups attached to an aromatic ring is 1. The Labute approximate surface area is 109 Å². The molecule has 3 rings (SSSR count). The summed E-state index contributed by atoms with van der Waals surface area (Å²) in [4.78, 5) is 7.87. The average Bonchev–Trinajstić information content (AvgIpc) is 2.74. The first-order valence-electron chi connectivity index (χ1n) is 5.53. The number of aromatic nitrogens is 2. The molecule has 92 valence electrons. The zero-order chi connectivity index (χ0) is 12.5. The molecule has 0 spiro atoms. The molecule has 18 heavy (non-hydrogen) atoms. The van der Waals surface area contributed by atoms with Gasteiger partial charge in [-0.1, -0.05) is 11.6 Å². The molecule has 0 radical (unpaired) electrons. The summed E-state index contributed by atoms with van der Waals surface area (Å²) in [6.45, 7) is 0.741. The zero-order valence-corrected chi connectivity index (χ0v) is 10.2. The molecule has 1 aliphatic heterocycles. The van der Waals surface area contributed by atoms with Crippen LogP contribution in [0.1, 0.15) is 5.56 Å². The highest BCUT2D eigenvalue weighted by atomic mass is 35.5.